The average Bonchev–Trinajstić information content (AvgIpc) is 3.08. The summed E-state index contributed by atoms with van der Waals surface area (Å²) in [5.41, 5.74) is 9.28. The number of azide groups is 1. The van der Waals surface area contributed by atoms with Gasteiger partial charge in [0.15, 0.2) is 0 Å². The second-order valence-electron chi connectivity index (χ2n) is 5.21. The molecule has 0 spiro atoms. The van der Waals surface area contributed by atoms with E-state index in [-0.39, 0.29) is 12.0 Å². The summed E-state index contributed by atoms with van der Waals surface area (Å²) in [7, 11) is -3.92. The second-order valence-corrected chi connectivity index (χ2v) is 6.79. The first-order valence-corrected chi connectivity index (χ1v) is 7.45. The molecule has 0 bridgehead atoms. The Morgan fingerprint density at radius 3 is 2.53 bits per heavy atom. The van der Waals surface area contributed by atoms with Gasteiger partial charge in [0.1, 0.15) is 0 Å². The van der Waals surface area contributed by atoms with Crippen LogP contribution in [0.4, 0.5) is 0 Å². The molecule has 0 heterocycles. The minimum absolute atomic E-state index is 0.0207. The topological polar surface area (TPSA) is 86.1 Å². The first kappa shape index (κ1) is 13.9. The van der Waals surface area contributed by atoms with Crippen molar-refractivity contribution in [1.82, 2.24) is 4.31 Å². The largest absolute Gasteiger partial charge is 0.302 e. The lowest BCUT2D eigenvalue weighted by Gasteiger charge is -2.22. The molecule has 102 valence electrons. The van der Waals surface area contributed by atoms with Crippen LogP contribution in [0, 0.1) is 5.41 Å². The van der Waals surface area contributed by atoms with Gasteiger partial charge in [-0.3, -0.25) is 0 Å². The lowest BCUT2D eigenvalue weighted by atomic mass is 10.1. The van der Waals surface area contributed by atoms with Gasteiger partial charge in [0.05, 0.1) is 0 Å². The van der Waals surface area contributed by atoms with Gasteiger partial charge in [0.2, 0.25) is 0 Å². The summed E-state index contributed by atoms with van der Waals surface area (Å²) in [6.07, 6.45) is 2.01. The van der Waals surface area contributed by atoms with E-state index < -0.39 is 10.2 Å². The highest BCUT2D eigenvalue weighted by molar-refractivity contribution is 7.87. The maximum Gasteiger partial charge on any atom is 0.302 e. The van der Waals surface area contributed by atoms with Gasteiger partial charge in [-0.05, 0) is 29.4 Å². The van der Waals surface area contributed by atoms with Crippen molar-refractivity contribution in [1.29, 1.82) is 0 Å². The van der Waals surface area contributed by atoms with Crippen LogP contribution in [0.5, 0.6) is 0 Å². The van der Waals surface area contributed by atoms with E-state index in [1.54, 1.807) is 0 Å². The maximum atomic E-state index is 11.9. The molecule has 0 atom stereocenters. The standard InChI is InChI=1S/C12H16N4O2S/c1-12(7-8-12)10-16(19(17,18)15-14-13)9-11-5-3-2-4-6-11/h2-6H,7-10H2,1H3. The zero-order valence-electron chi connectivity index (χ0n) is 10.7. The van der Waals surface area contributed by atoms with Crippen molar-refractivity contribution in [3.05, 3.63) is 46.3 Å². The van der Waals surface area contributed by atoms with Gasteiger partial charge in [0.25, 0.3) is 0 Å². The fraction of sp³-hybridized carbons (Fsp3) is 0.500. The molecule has 0 unspecified atom stereocenters. The van der Waals surface area contributed by atoms with Crippen molar-refractivity contribution >= 4 is 10.2 Å². The highest BCUT2D eigenvalue weighted by Crippen LogP contribution is 2.46. The van der Waals surface area contributed by atoms with E-state index in [0.717, 1.165) is 18.4 Å². The summed E-state index contributed by atoms with van der Waals surface area (Å²) < 4.78 is 28.1. The van der Waals surface area contributed by atoms with Crippen molar-refractivity contribution in [3.63, 3.8) is 0 Å². The zero-order chi connectivity index (χ0) is 13.9. The molecule has 0 N–H and O–H groups in total. The summed E-state index contributed by atoms with van der Waals surface area (Å²) in [4.78, 5) is 2.42. The quantitative estimate of drug-likeness (QED) is 0.456. The van der Waals surface area contributed by atoms with E-state index in [4.69, 9.17) is 5.53 Å². The third-order valence-electron chi connectivity index (χ3n) is 3.33. The van der Waals surface area contributed by atoms with E-state index in [9.17, 15) is 8.42 Å². The van der Waals surface area contributed by atoms with E-state index in [0.29, 0.717) is 6.54 Å². The van der Waals surface area contributed by atoms with Crippen LogP contribution >= 0.6 is 0 Å². The normalized spacial score (nSPS) is 16.9. The van der Waals surface area contributed by atoms with E-state index >= 15 is 0 Å². The van der Waals surface area contributed by atoms with Gasteiger partial charge in [-0.15, -0.1) is 0 Å². The predicted octanol–water partition coefficient (Wildman–Crippen LogP) is 2.84. The van der Waals surface area contributed by atoms with Crippen molar-refractivity contribution in [2.75, 3.05) is 6.54 Å². The number of rotatable bonds is 6. The predicted molar refractivity (Wildman–Crippen MR) is 72.3 cm³/mol. The molecular weight excluding hydrogens is 264 g/mol. The first-order valence-electron chi connectivity index (χ1n) is 6.06. The van der Waals surface area contributed by atoms with Gasteiger partial charge in [-0.25, -0.2) is 8.42 Å². The van der Waals surface area contributed by atoms with Crippen LogP contribution in [-0.2, 0) is 16.8 Å². The molecule has 0 amide bonds. The van der Waals surface area contributed by atoms with Crippen molar-refractivity contribution in [2.24, 2.45) is 9.93 Å². The highest BCUT2D eigenvalue weighted by Gasteiger charge is 2.41. The molecule has 0 aromatic heterocycles. The van der Waals surface area contributed by atoms with Gasteiger partial charge in [-0.1, -0.05) is 37.3 Å². The van der Waals surface area contributed by atoms with Crippen LogP contribution in [0.3, 0.4) is 0 Å². The monoisotopic (exact) mass is 280 g/mol. The van der Waals surface area contributed by atoms with Crippen LogP contribution in [0.15, 0.2) is 34.9 Å². The fourth-order valence-electron chi connectivity index (χ4n) is 1.90. The summed E-state index contributed by atoms with van der Waals surface area (Å²) in [6.45, 7) is 2.66. The summed E-state index contributed by atoms with van der Waals surface area (Å²) >= 11 is 0. The summed E-state index contributed by atoms with van der Waals surface area (Å²) in [6, 6.07) is 9.29. The van der Waals surface area contributed by atoms with E-state index in [2.05, 4.69) is 9.43 Å². The molecule has 19 heavy (non-hydrogen) atoms. The lowest BCUT2D eigenvalue weighted by Crippen LogP contribution is -2.33. The van der Waals surface area contributed by atoms with Gasteiger partial charge in [-0.2, -0.15) is 4.31 Å². The minimum Gasteiger partial charge on any atom is -0.204 e. The molecule has 1 aliphatic carbocycles. The van der Waals surface area contributed by atoms with Crippen LogP contribution in [0.2, 0.25) is 0 Å². The van der Waals surface area contributed by atoms with Gasteiger partial charge < -0.3 is 0 Å². The third-order valence-corrected chi connectivity index (χ3v) is 4.52. The Morgan fingerprint density at radius 1 is 1.37 bits per heavy atom. The van der Waals surface area contributed by atoms with Crippen molar-refractivity contribution in [3.8, 4) is 0 Å². The average molecular weight is 280 g/mol. The molecule has 1 aliphatic rings. The van der Waals surface area contributed by atoms with Gasteiger partial charge in [0, 0.05) is 22.5 Å². The molecule has 2 rings (SSSR count). The van der Waals surface area contributed by atoms with Crippen LogP contribution < -0.4 is 0 Å². The number of benzene rings is 1. The lowest BCUT2D eigenvalue weighted by molar-refractivity contribution is 0.338. The van der Waals surface area contributed by atoms with Crippen LogP contribution in [-0.4, -0.2) is 19.3 Å². The SMILES string of the molecule is CC1(CN(Cc2ccccc2)S(=O)(=O)N=[N+]=[N-])CC1. The summed E-state index contributed by atoms with van der Waals surface area (Å²) in [5, 5.41) is 0. The first-order chi connectivity index (χ1) is 8.95. The molecule has 0 saturated heterocycles. The maximum absolute atomic E-state index is 11.9. The molecule has 1 saturated carbocycles. The Hall–Kier alpha value is -1.56. The molecule has 1 fully saturated rings. The summed E-state index contributed by atoms with van der Waals surface area (Å²) in [5.74, 6) is 0. The molecule has 1 aromatic rings. The Bertz CT molecular complexity index is 589. The second kappa shape index (κ2) is 5.21. The zero-order valence-corrected chi connectivity index (χ0v) is 11.5. The Labute approximate surface area is 112 Å². The van der Waals surface area contributed by atoms with Crippen LogP contribution in [0.1, 0.15) is 25.3 Å². The fourth-order valence-corrected chi connectivity index (χ4v) is 2.88. The Kier molecular flexibility index (Phi) is 3.80. The molecular formula is C12H16N4O2S. The Morgan fingerprint density at radius 2 is 2.00 bits per heavy atom. The highest BCUT2D eigenvalue weighted by atomic mass is 32.2. The molecule has 0 radical (unpaired) electrons. The number of nitrogens with zero attached hydrogens (tertiary/aromatic N) is 4. The molecule has 6 nitrogen and oxygen atoms in total. The van der Waals surface area contributed by atoms with Crippen molar-refractivity contribution in [2.45, 2.75) is 26.3 Å². The van der Waals surface area contributed by atoms with Crippen molar-refractivity contribution < 1.29 is 8.42 Å². The third kappa shape index (κ3) is 3.70. The minimum atomic E-state index is -3.92. The van der Waals surface area contributed by atoms with E-state index in [1.165, 1.54) is 4.31 Å². The van der Waals surface area contributed by atoms with E-state index in [1.807, 2.05) is 37.3 Å². The van der Waals surface area contributed by atoms with Crippen LogP contribution in [0.25, 0.3) is 10.4 Å². The Balaban J connectivity index is 2.21. The smallest absolute Gasteiger partial charge is 0.204 e. The molecule has 7 heteroatoms. The number of hydrogen-bond acceptors (Lipinski definition) is 2. The molecule has 0 aliphatic heterocycles. The molecule has 1 aromatic carbocycles. The number of hydrogen-bond donors (Lipinski definition) is 0. The van der Waals surface area contributed by atoms with Gasteiger partial charge >= 0.3 is 10.2 Å².